The van der Waals surface area contributed by atoms with Crippen LogP contribution in [0.25, 0.3) is 0 Å². The zero-order valence-corrected chi connectivity index (χ0v) is 18.4. The molecule has 7 nitrogen and oxygen atoms in total. The summed E-state index contributed by atoms with van der Waals surface area (Å²) in [5.41, 5.74) is -0.796. The first-order chi connectivity index (χ1) is 13.2. The van der Waals surface area contributed by atoms with E-state index in [9.17, 15) is 9.59 Å². The number of hydrogen-bond acceptors (Lipinski definition) is 4. The van der Waals surface area contributed by atoms with Crippen LogP contribution in [0, 0.1) is 0 Å². The van der Waals surface area contributed by atoms with Crippen molar-refractivity contribution in [3.63, 3.8) is 0 Å². The molecule has 1 aliphatic rings. The fourth-order valence-corrected chi connectivity index (χ4v) is 3.84. The second kappa shape index (κ2) is 9.41. The van der Waals surface area contributed by atoms with Gasteiger partial charge in [-0.15, -0.1) is 11.3 Å². The van der Waals surface area contributed by atoms with Crippen LogP contribution in [0.4, 0.5) is 4.79 Å². The van der Waals surface area contributed by atoms with Crippen molar-refractivity contribution in [1.29, 1.82) is 0 Å². The van der Waals surface area contributed by atoms with Crippen LogP contribution < -0.4 is 16.0 Å². The summed E-state index contributed by atoms with van der Waals surface area (Å²) in [6, 6.07) is 3.91. The maximum absolute atomic E-state index is 12.4. The van der Waals surface area contributed by atoms with E-state index >= 15 is 0 Å². The van der Waals surface area contributed by atoms with Gasteiger partial charge >= 0.3 is 6.03 Å². The van der Waals surface area contributed by atoms with E-state index in [0.29, 0.717) is 32.5 Å². The molecule has 8 heteroatoms. The first-order valence-corrected chi connectivity index (χ1v) is 10.8. The van der Waals surface area contributed by atoms with Gasteiger partial charge in [-0.1, -0.05) is 26.8 Å². The molecule has 2 heterocycles. The summed E-state index contributed by atoms with van der Waals surface area (Å²) < 4.78 is 0. The van der Waals surface area contributed by atoms with Gasteiger partial charge in [-0.05, 0) is 38.1 Å². The predicted molar refractivity (Wildman–Crippen MR) is 115 cm³/mol. The van der Waals surface area contributed by atoms with E-state index in [1.165, 1.54) is 9.78 Å². The smallest absolute Gasteiger partial charge is 0.325 e. The highest BCUT2D eigenvalue weighted by Crippen LogP contribution is 2.27. The van der Waals surface area contributed by atoms with Crippen molar-refractivity contribution in [1.82, 2.24) is 20.9 Å². The lowest BCUT2D eigenvalue weighted by molar-refractivity contribution is -0.130. The average Bonchev–Trinajstić information content (AvgIpc) is 3.27. The third kappa shape index (κ3) is 5.25. The minimum Gasteiger partial charge on any atom is -0.357 e. The number of thiophene rings is 1. The van der Waals surface area contributed by atoms with Gasteiger partial charge in [-0.2, -0.15) is 0 Å². The fourth-order valence-electron chi connectivity index (χ4n) is 2.99. The Morgan fingerprint density at radius 3 is 2.64 bits per heavy atom. The average molecular weight is 408 g/mol. The van der Waals surface area contributed by atoms with Crippen molar-refractivity contribution in [3.8, 4) is 0 Å². The Morgan fingerprint density at radius 1 is 1.32 bits per heavy atom. The number of carbonyl (C=O) groups excluding carboxylic acids is 2. The first kappa shape index (κ1) is 22.2. The zero-order chi connectivity index (χ0) is 20.8. The van der Waals surface area contributed by atoms with E-state index in [0.717, 1.165) is 12.5 Å². The summed E-state index contributed by atoms with van der Waals surface area (Å²) in [5, 5.41) is 11.4. The molecule has 0 aromatic carbocycles. The Bertz CT molecular complexity index is 701. The molecule has 0 saturated carbocycles. The van der Waals surface area contributed by atoms with Gasteiger partial charge in [0.05, 0.1) is 6.54 Å². The molecule has 0 aliphatic carbocycles. The number of urea groups is 1. The second-order valence-electron chi connectivity index (χ2n) is 7.91. The van der Waals surface area contributed by atoms with Crippen LogP contribution in [0.1, 0.15) is 52.3 Å². The van der Waals surface area contributed by atoms with Crippen molar-refractivity contribution in [3.05, 3.63) is 22.4 Å². The van der Waals surface area contributed by atoms with E-state index in [4.69, 9.17) is 4.99 Å². The molecule has 1 unspecified atom stereocenters. The monoisotopic (exact) mass is 407 g/mol. The lowest BCUT2D eigenvalue weighted by Crippen LogP contribution is -2.43. The standard InChI is InChI=1S/C20H33N5O2S/c1-6-20(5)16(26)25(18(27)24-20)12-9-11-22-17(21-7-2)23-14-19(3,4)15-10-8-13-28-15/h8,10,13H,6-7,9,11-12,14H2,1-5H3,(H,24,27)(H2,21,22,23). The van der Waals surface area contributed by atoms with Gasteiger partial charge in [0.2, 0.25) is 0 Å². The minimum absolute atomic E-state index is 0.0266. The number of amides is 3. The number of carbonyl (C=O) groups is 2. The van der Waals surface area contributed by atoms with Crippen LogP contribution in [-0.2, 0) is 10.2 Å². The molecule has 1 aliphatic heterocycles. The Hall–Kier alpha value is -2.09. The molecule has 1 fully saturated rings. The number of imide groups is 1. The lowest BCUT2D eigenvalue weighted by atomic mass is 9.92. The first-order valence-electron chi connectivity index (χ1n) is 9.94. The maximum Gasteiger partial charge on any atom is 0.325 e. The molecule has 0 radical (unpaired) electrons. The highest BCUT2D eigenvalue weighted by molar-refractivity contribution is 7.10. The number of nitrogens with one attached hydrogen (secondary N) is 3. The number of guanidine groups is 1. The molecular formula is C20H33N5O2S. The van der Waals surface area contributed by atoms with Gasteiger partial charge in [-0.3, -0.25) is 14.7 Å². The predicted octanol–water partition coefficient (Wildman–Crippen LogP) is 2.69. The summed E-state index contributed by atoms with van der Waals surface area (Å²) in [7, 11) is 0. The maximum atomic E-state index is 12.4. The molecular weight excluding hydrogens is 374 g/mol. The molecule has 0 spiro atoms. The van der Waals surface area contributed by atoms with Crippen LogP contribution in [0.2, 0.25) is 0 Å². The van der Waals surface area contributed by atoms with Gasteiger partial charge < -0.3 is 16.0 Å². The highest BCUT2D eigenvalue weighted by Gasteiger charge is 2.45. The SMILES string of the molecule is CCNC(=NCC(C)(C)c1cccs1)NCCCN1C(=O)NC(C)(CC)C1=O. The molecule has 1 atom stereocenters. The second-order valence-corrected chi connectivity index (χ2v) is 8.86. The van der Waals surface area contributed by atoms with Crippen LogP contribution in [0.5, 0.6) is 0 Å². The molecule has 1 aromatic heterocycles. The van der Waals surface area contributed by atoms with Crippen LogP contribution in [-0.4, -0.2) is 54.5 Å². The van der Waals surface area contributed by atoms with Gasteiger partial charge in [0, 0.05) is 29.9 Å². The molecule has 3 N–H and O–H groups in total. The van der Waals surface area contributed by atoms with E-state index in [1.807, 2.05) is 13.8 Å². The third-order valence-corrected chi connectivity index (χ3v) is 6.30. The van der Waals surface area contributed by atoms with E-state index < -0.39 is 5.54 Å². The van der Waals surface area contributed by atoms with Gasteiger partial charge in [-0.25, -0.2) is 4.79 Å². The molecule has 28 heavy (non-hydrogen) atoms. The van der Waals surface area contributed by atoms with Crippen molar-refractivity contribution in [2.75, 3.05) is 26.2 Å². The summed E-state index contributed by atoms with van der Waals surface area (Å²) in [6.07, 6.45) is 1.25. The Morgan fingerprint density at radius 2 is 2.07 bits per heavy atom. The van der Waals surface area contributed by atoms with E-state index in [-0.39, 0.29) is 17.4 Å². The number of hydrogen-bond donors (Lipinski definition) is 3. The van der Waals surface area contributed by atoms with Crippen molar-refractivity contribution < 1.29 is 9.59 Å². The Balaban J connectivity index is 1.85. The van der Waals surface area contributed by atoms with E-state index in [2.05, 4.69) is 47.3 Å². The highest BCUT2D eigenvalue weighted by atomic mass is 32.1. The number of rotatable bonds is 9. The summed E-state index contributed by atoms with van der Waals surface area (Å²) in [5.74, 6) is 0.612. The van der Waals surface area contributed by atoms with Crippen LogP contribution >= 0.6 is 11.3 Å². The van der Waals surface area contributed by atoms with E-state index in [1.54, 1.807) is 18.3 Å². The quantitative estimate of drug-likeness (QED) is 0.254. The fraction of sp³-hybridized carbons (Fsp3) is 0.650. The lowest BCUT2D eigenvalue weighted by Gasteiger charge is -2.22. The largest absolute Gasteiger partial charge is 0.357 e. The van der Waals surface area contributed by atoms with Crippen molar-refractivity contribution >= 4 is 29.2 Å². The van der Waals surface area contributed by atoms with Gasteiger partial charge in [0.25, 0.3) is 5.91 Å². The van der Waals surface area contributed by atoms with Crippen molar-refractivity contribution in [2.45, 2.75) is 58.4 Å². The summed E-state index contributed by atoms with van der Waals surface area (Å²) >= 11 is 1.75. The molecule has 2 rings (SSSR count). The Labute approximate surface area is 172 Å². The topological polar surface area (TPSA) is 85.8 Å². The Kier molecular flexibility index (Phi) is 7.46. The zero-order valence-electron chi connectivity index (χ0n) is 17.6. The number of nitrogens with zero attached hydrogens (tertiary/aromatic N) is 2. The molecule has 1 aromatic rings. The van der Waals surface area contributed by atoms with Gasteiger partial charge in [0.1, 0.15) is 5.54 Å². The third-order valence-electron chi connectivity index (χ3n) is 5.07. The van der Waals surface area contributed by atoms with Gasteiger partial charge in [0.15, 0.2) is 5.96 Å². The van der Waals surface area contributed by atoms with Crippen LogP contribution in [0.3, 0.4) is 0 Å². The summed E-state index contributed by atoms with van der Waals surface area (Å²) in [4.78, 5) is 31.8. The number of aliphatic imine (C=N–C) groups is 1. The molecule has 0 bridgehead atoms. The molecule has 156 valence electrons. The van der Waals surface area contributed by atoms with Crippen LogP contribution in [0.15, 0.2) is 22.5 Å². The normalized spacial score (nSPS) is 20.5. The minimum atomic E-state index is -0.770. The summed E-state index contributed by atoms with van der Waals surface area (Å²) in [6.45, 7) is 12.6. The van der Waals surface area contributed by atoms with Crippen molar-refractivity contribution in [2.24, 2.45) is 4.99 Å². The molecule has 3 amide bonds. The molecule has 1 saturated heterocycles.